The first-order valence-corrected chi connectivity index (χ1v) is 9.92. The molecule has 3 aromatic rings. The monoisotopic (exact) mass is 410 g/mol. The van der Waals surface area contributed by atoms with Gasteiger partial charge in [-0.1, -0.05) is 12.1 Å². The molecule has 0 saturated carbocycles. The summed E-state index contributed by atoms with van der Waals surface area (Å²) in [5.41, 5.74) is 2.36. The number of amides is 2. The number of hydrogen-bond donors (Lipinski definition) is 1. The Labute approximate surface area is 170 Å². The summed E-state index contributed by atoms with van der Waals surface area (Å²) >= 11 is 1.46. The SMILES string of the molecule is O=C(Nc1cccc(C2SCC(=O)N2c2ccc(F)cc2)c1)c1ccc(F)cc1. The summed E-state index contributed by atoms with van der Waals surface area (Å²) in [6.07, 6.45) is 0. The number of nitrogens with one attached hydrogen (secondary N) is 1. The van der Waals surface area contributed by atoms with Crippen molar-refractivity contribution in [2.45, 2.75) is 5.37 Å². The zero-order chi connectivity index (χ0) is 20.4. The van der Waals surface area contributed by atoms with Crippen molar-refractivity contribution in [3.63, 3.8) is 0 Å². The van der Waals surface area contributed by atoms with Gasteiger partial charge in [0.2, 0.25) is 5.91 Å². The lowest BCUT2D eigenvalue weighted by atomic mass is 10.1. The molecule has 1 fully saturated rings. The minimum absolute atomic E-state index is 0.0626. The molecule has 29 heavy (non-hydrogen) atoms. The first-order chi connectivity index (χ1) is 14.0. The Kier molecular flexibility index (Phi) is 5.31. The third kappa shape index (κ3) is 4.14. The quantitative estimate of drug-likeness (QED) is 0.659. The molecule has 1 atom stereocenters. The maximum absolute atomic E-state index is 13.3. The predicted molar refractivity (Wildman–Crippen MR) is 110 cm³/mol. The van der Waals surface area contributed by atoms with Crippen LogP contribution in [0.5, 0.6) is 0 Å². The van der Waals surface area contributed by atoms with Gasteiger partial charge in [-0.2, -0.15) is 0 Å². The highest BCUT2D eigenvalue weighted by atomic mass is 32.2. The Morgan fingerprint density at radius 3 is 2.31 bits per heavy atom. The van der Waals surface area contributed by atoms with E-state index in [9.17, 15) is 18.4 Å². The van der Waals surface area contributed by atoms with Crippen LogP contribution in [0.25, 0.3) is 0 Å². The van der Waals surface area contributed by atoms with Crippen molar-refractivity contribution >= 4 is 35.0 Å². The summed E-state index contributed by atoms with van der Waals surface area (Å²) in [6, 6.07) is 18.3. The van der Waals surface area contributed by atoms with Gasteiger partial charge < -0.3 is 5.32 Å². The summed E-state index contributed by atoms with van der Waals surface area (Å²) in [5, 5.41) is 2.51. The molecule has 1 N–H and O–H groups in total. The molecule has 0 bridgehead atoms. The van der Waals surface area contributed by atoms with E-state index in [1.54, 1.807) is 35.2 Å². The van der Waals surface area contributed by atoms with Crippen LogP contribution in [0.15, 0.2) is 72.8 Å². The Balaban J connectivity index is 1.57. The summed E-state index contributed by atoms with van der Waals surface area (Å²) in [7, 11) is 0. The molecule has 1 heterocycles. The van der Waals surface area contributed by atoms with Gasteiger partial charge in [-0.05, 0) is 66.2 Å². The second-order valence-electron chi connectivity index (χ2n) is 6.49. The molecule has 1 aliphatic rings. The molecule has 0 spiro atoms. The van der Waals surface area contributed by atoms with Gasteiger partial charge >= 0.3 is 0 Å². The van der Waals surface area contributed by atoms with Crippen molar-refractivity contribution in [2.24, 2.45) is 0 Å². The van der Waals surface area contributed by atoms with Crippen LogP contribution in [0.3, 0.4) is 0 Å². The normalized spacial score (nSPS) is 16.1. The number of hydrogen-bond acceptors (Lipinski definition) is 3. The number of thioether (sulfide) groups is 1. The van der Waals surface area contributed by atoms with Gasteiger partial charge in [0.15, 0.2) is 0 Å². The minimum Gasteiger partial charge on any atom is -0.322 e. The highest BCUT2D eigenvalue weighted by Gasteiger charge is 2.34. The molecule has 3 aromatic carbocycles. The molecule has 146 valence electrons. The number of carbonyl (C=O) groups excluding carboxylic acids is 2. The van der Waals surface area contributed by atoms with E-state index in [0.717, 1.165) is 5.56 Å². The zero-order valence-electron chi connectivity index (χ0n) is 15.1. The first-order valence-electron chi connectivity index (χ1n) is 8.87. The topological polar surface area (TPSA) is 49.4 Å². The van der Waals surface area contributed by atoms with Crippen LogP contribution in [0.4, 0.5) is 20.2 Å². The second-order valence-corrected chi connectivity index (χ2v) is 7.56. The van der Waals surface area contributed by atoms with Gasteiger partial charge in [0.05, 0.1) is 5.75 Å². The van der Waals surface area contributed by atoms with E-state index in [1.807, 2.05) is 6.07 Å². The van der Waals surface area contributed by atoms with Crippen LogP contribution >= 0.6 is 11.8 Å². The molecule has 1 saturated heterocycles. The largest absolute Gasteiger partial charge is 0.322 e. The van der Waals surface area contributed by atoms with Crippen LogP contribution in [-0.4, -0.2) is 17.6 Å². The summed E-state index contributed by atoms with van der Waals surface area (Å²) < 4.78 is 26.3. The number of nitrogens with zero attached hydrogens (tertiary/aromatic N) is 1. The van der Waals surface area contributed by atoms with E-state index in [2.05, 4.69) is 5.32 Å². The lowest BCUT2D eigenvalue weighted by Gasteiger charge is -2.24. The van der Waals surface area contributed by atoms with Crippen LogP contribution in [0.1, 0.15) is 21.3 Å². The van der Waals surface area contributed by atoms with Gasteiger partial charge in [-0.25, -0.2) is 8.78 Å². The molecule has 1 unspecified atom stereocenters. The van der Waals surface area contributed by atoms with Crippen molar-refractivity contribution in [2.75, 3.05) is 16.0 Å². The standard InChI is InChI=1S/C22H16F2N2O2S/c23-16-6-4-14(5-7-16)21(28)25-18-3-1-2-15(12-18)22-26(20(27)13-29-22)19-10-8-17(24)9-11-19/h1-12,22H,13H2,(H,25,28). The van der Waals surface area contributed by atoms with Crippen LogP contribution in [0.2, 0.25) is 0 Å². The molecule has 1 aliphatic heterocycles. The second kappa shape index (κ2) is 8.05. The number of carbonyl (C=O) groups is 2. The van der Waals surface area contributed by atoms with E-state index in [1.165, 1.54) is 48.2 Å². The Bertz CT molecular complexity index is 1060. The smallest absolute Gasteiger partial charge is 0.255 e. The van der Waals surface area contributed by atoms with Crippen LogP contribution in [-0.2, 0) is 4.79 Å². The maximum Gasteiger partial charge on any atom is 0.255 e. The van der Waals surface area contributed by atoms with Crippen LogP contribution < -0.4 is 10.2 Å². The van der Waals surface area contributed by atoms with Crippen molar-refractivity contribution < 1.29 is 18.4 Å². The van der Waals surface area contributed by atoms with Gasteiger partial charge in [0.25, 0.3) is 5.91 Å². The Morgan fingerprint density at radius 2 is 1.62 bits per heavy atom. The van der Waals surface area contributed by atoms with Gasteiger partial charge in [-0.15, -0.1) is 11.8 Å². The average Bonchev–Trinajstić information content (AvgIpc) is 3.11. The number of rotatable bonds is 4. The molecule has 0 aromatic heterocycles. The molecule has 4 rings (SSSR count). The van der Waals surface area contributed by atoms with E-state index >= 15 is 0 Å². The number of anilines is 2. The Hall–Kier alpha value is -3.19. The number of benzene rings is 3. The van der Waals surface area contributed by atoms with Crippen molar-refractivity contribution in [1.29, 1.82) is 0 Å². The van der Waals surface area contributed by atoms with E-state index in [4.69, 9.17) is 0 Å². The molecule has 4 nitrogen and oxygen atoms in total. The molecule has 0 radical (unpaired) electrons. The molecular weight excluding hydrogens is 394 g/mol. The van der Waals surface area contributed by atoms with E-state index in [-0.39, 0.29) is 23.0 Å². The lowest BCUT2D eigenvalue weighted by molar-refractivity contribution is -0.115. The third-order valence-corrected chi connectivity index (χ3v) is 5.72. The highest BCUT2D eigenvalue weighted by Crippen LogP contribution is 2.42. The van der Waals surface area contributed by atoms with Gasteiger partial charge in [-0.3, -0.25) is 14.5 Å². The molecule has 2 amide bonds. The predicted octanol–water partition coefficient (Wildman–Crippen LogP) is 5.00. The fourth-order valence-corrected chi connectivity index (χ4v) is 4.29. The highest BCUT2D eigenvalue weighted by molar-refractivity contribution is 8.00. The molecule has 7 heteroatoms. The third-order valence-electron chi connectivity index (χ3n) is 4.51. The molecule has 0 aliphatic carbocycles. The fraction of sp³-hybridized carbons (Fsp3) is 0.0909. The summed E-state index contributed by atoms with van der Waals surface area (Å²) in [6.45, 7) is 0. The Morgan fingerprint density at radius 1 is 0.966 bits per heavy atom. The van der Waals surface area contributed by atoms with Gasteiger partial charge in [0.1, 0.15) is 17.0 Å². The average molecular weight is 410 g/mol. The fourth-order valence-electron chi connectivity index (χ4n) is 3.13. The minimum atomic E-state index is -0.410. The van der Waals surface area contributed by atoms with Gasteiger partial charge in [0, 0.05) is 16.9 Å². The van der Waals surface area contributed by atoms with Crippen molar-refractivity contribution in [3.05, 3.63) is 95.6 Å². The summed E-state index contributed by atoms with van der Waals surface area (Å²) in [4.78, 5) is 26.4. The lowest BCUT2D eigenvalue weighted by Crippen LogP contribution is -2.27. The van der Waals surface area contributed by atoms with E-state index in [0.29, 0.717) is 22.7 Å². The van der Waals surface area contributed by atoms with Crippen molar-refractivity contribution in [3.8, 4) is 0 Å². The molecular formula is C22H16F2N2O2S. The van der Waals surface area contributed by atoms with E-state index < -0.39 is 5.82 Å². The zero-order valence-corrected chi connectivity index (χ0v) is 16.0. The number of halogens is 2. The van der Waals surface area contributed by atoms with Crippen molar-refractivity contribution in [1.82, 2.24) is 0 Å². The van der Waals surface area contributed by atoms with Crippen LogP contribution in [0, 0.1) is 11.6 Å². The summed E-state index contributed by atoms with van der Waals surface area (Å²) in [5.74, 6) is -0.878. The first kappa shape index (κ1) is 19.1. The maximum atomic E-state index is 13.3.